The summed E-state index contributed by atoms with van der Waals surface area (Å²) in [7, 11) is 0. The molecule has 0 atom stereocenters. The van der Waals surface area contributed by atoms with Gasteiger partial charge in [-0.3, -0.25) is 0 Å². The van der Waals surface area contributed by atoms with E-state index < -0.39 is 0 Å². The maximum Gasteiger partial charge on any atom is 0.142 e. The Morgan fingerprint density at radius 1 is 0.944 bits per heavy atom. The van der Waals surface area contributed by atoms with Crippen molar-refractivity contribution in [1.29, 1.82) is 0 Å². The first-order chi connectivity index (χ1) is 8.75. The first-order valence-corrected chi connectivity index (χ1v) is 5.92. The van der Waals surface area contributed by atoms with Crippen LogP contribution in [-0.2, 0) is 0 Å². The molecule has 0 saturated carbocycles. The number of hydrogen-bond donors (Lipinski definition) is 1. The first kappa shape index (κ1) is 12.3. The normalized spacial score (nSPS) is 10.1. The summed E-state index contributed by atoms with van der Waals surface area (Å²) in [4.78, 5) is 0. The van der Waals surface area contributed by atoms with E-state index in [4.69, 9.17) is 15.2 Å². The van der Waals surface area contributed by atoms with Crippen molar-refractivity contribution in [2.75, 3.05) is 18.9 Å². The van der Waals surface area contributed by atoms with Gasteiger partial charge < -0.3 is 15.2 Å². The third-order valence-electron chi connectivity index (χ3n) is 2.52. The Labute approximate surface area is 107 Å². The van der Waals surface area contributed by atoms with Gasteiger partial charge in [-0.15, -0.1) is 0 Å². The average molecular weight is 243 g/mol. The van der Waals surface area contributed by atoms with Gasteiger partial charge in [-0.1, -0.05) is 24.3 Å². The molecule has 94 valence electrons. The molecule has 0 aliphatic heterocycles. The molecule has 0 amide bonds. The second-order valence-electron chi connectivity index (χ2n) is 4.05. The molecule has 2 aromatic carbocycles. The summed E-state index contributed by atoms with van der Waals surface area (Å²) < 4.78 is 11.1. The van der Waals surface area contributed by atoms with E-state index in [1.165, 1.54) is 5.56 Å². The minimum Gasteiger partial charge on any atom is -0.490 e. The summed E-state index contributed by atoms with van der Waals surface area (Å²) in [5.74, 6) is 1.56. The Kier molecular flexibility index (Phi) is 4.07. The SMILES string of the molecule is Cc1cccc(OCCOc2ccccc2N)c1. The van der Waals surface area contributed by atoms with Crippen LogP contribution >= 0.6 is 0 Å². The van der Waals surface area contributed by atoms with Crippen molar-refractivity contribution in [2.24, 2.45) is 0 Å². The van der Waals surface area contributed by atoms with Gasteiger partial charge in [0.05, 0.1) is 5.69 Å². The third-order valence-corrected chi connectivity index (χ3v) is 2.52. The fourth-order valence-corrected chi connectivity index (χ4v) is 1.63. The molecule has 0 spiro atoms. The van der Waals surface area contributed by atoms with Crippen LogP contribution < -0.4 is 15.2 Å². The number of nitrogen functional groups attached to an aromatic ring is 1. The van der Waals surface area contributed by atoms with Crippen LogP contribution in [-0.4, -0.2) is 13.2 Å². The summed E-state index contributed by atoms with van der Waals surface area (Å²) in [5, 5.41) is 0. The van der Waals surface area contributed by atoms with Gasteiger partial charge >= 0.3 is 0 Å². The quantitative estimate of drug-likeness (QED) is 0.648. The highest BCUT2D eigenvalue weighted by molar-refractivity contribution is 5.51. The van der Waals surface area contributed by atoms with Crippen molar-refractivity contribution in [2.45, 2.75) is 6.92 Å². The zero-order valence-corrected chi connectivity index (χ0v) is 10.4. The molecule has 2 aromatic rings. The van der Waals surface area contributed by atoms with Gasteiger partial charge in [-0.05, 0) is 36.8 Å². The van der Waals surface area contributed by atoms with Crippen LogP contribution in [0.5, 0.6) is 11.5 Å². The largest absolute Gasteiger partial charge is 0.490 e. The summed E-state index contributed by atoms with van der Waals surface area (Å²) in [6.45, 7) is 3.01. The fourth-order valence-electron chi connectivity index (χ4n) is 1.63. The van der Waals surface area contributed by atoms with Gasteiger partial charge in [-0.25, -0.2) is 0 Å². The van der Waals surface area contributed by atoms with Gasteiger partial charge in [-0.2, -0.15) is 0 Å². The van der Waals surface area contributed by atoms with Gasteiger partial charge in [0.25, 0.3) is 0 Å². The third kappa shape index (κ3) is 3.42. The predicted molar refractivity (Wildman–Crippen MR) is 73.0 cm³/mol. The Bertz CT molecular complexity index is 511. The van der Waals surface area contributed by atoms with E-state index >= 15 is 0 Å². The van der Waals surface area contributed by atoms with Gasteiger partial charge in [0.2, 0.25) is 0 Å². The smallest absolute Gasteiger partial charge is 0.142 e. The topological polar surface area (TPSA) is 44.5 Å². The summed E-state index contributed by atoms with van der Waals surface area (Å²) in [6, 6.07) is 15.4. The molecule has 0 aromatic heterocycles. The highest BCUT2D eigenvalue weighted by Gasteiger charge is 1.98. The van der Waals surface area contributed by atoms with Crippen LogP contribution in [0.15, 0.2) is 48.5 Å². The summed E-state index contributed by atoms with van der Waals surface area (Å²) in [5.41, 5.74) is 7.60. The Balaban J connectivity index is 1.78. The van der Waals surface area contributed by atoms with Crippen molar-refractivity contribution in [3.05, 3.63) is 54.1 Å². The minimum absolute atomic E-state index is 0.474. The number of para-hydroxylation sites is 2. The van der Waals surface area contributed by atoms with Crippen molar-refractivity contribution in [1.82, 2.24) is 0 Å². The first-order valence-electron chi connectivity index (χ1n) is 5.92. The lowest BCUT2D eigenvalue weighted by molar-refractivity contribution is 0.218. The van der Waals surface area contributed by atoms with Crippen LogP contribution in [0.1, 0.15) is 5.56 Å². The molecule has 0 aliphatic carbocycles. The molecule has 0 saturated heterocycles. The van der Waals surface area contributed by atoms with E-state index in [2.05, 4.69) is 0 Å². The zero-order chi connectivity index (χ0) is 12.8. The molecule has 18 heavy (non-hydrogen) atoms. The molecule has 0 fully saturated rings. The standard InChI is InChI=1S/C15H17NO2/c1-12-5-4-6-13(11-12)17-9-10-18-15-8-3-2-7-14(15)16/h2-8,11H,9-10,16H2,1H3. The molecule has 0 heterocycles. The number of nitrogens with two attached hydrogens (primary N) is 1. The molecule has 3 nitrogen and oxygen atoms in total. The molecule has 0 aliphatic rings. The van der Waals surface area contributed by atoms with Gasteiger partial charge in [0.1, 0.15) is 24.7 Å². The molecule has 0 bridgehead atoms. The van der Waals surface area contributed by atoms with E-state index in [1.807, 2.05) is 55.5 Å². The van der Waals surface area contributed by atoms with Crippen molar-refractivity contribution in [3.8, 4) is 11.5 Å². The number of ether oxygens (including phenoxy) is 2. The Morgan fingerprint density at radius 2 is 1.72 bits per heavy atom. The number of benzene rings is 2. The zero-order valence-electron chi connectivity index (χ0n) is 10.4. The Hall–Kier alpha value is -2.16. The van der Waals surface area contributed by atoms with Crippen molar-refractivity contribution < 1.29 is 9.47 Å². The molecule has 3 heteroatoms. The Morgan fingerprint density at radius 3 is 2.50 bits per heavy atom. The minimum atomic E-state index is 0.474. The van der Waals surface area contributed by atoms with E-state index in [0.29, 0.717) is 24.7 Å². The highest BCUT2D eigenvalue weighted by atomic mass is 16.5. The van der Waals surface area contributed by atoms with E-state index in [0.717, 1.165) is 5.75 Å². The molecule has 0 radical (unpaired) electrons. The van der Waals surface area contributed by atoms with Crippen molar-refractivity contribution >= 4 is 5.69 Å². The maximum absolute atomic E-state index is 5.77. The lowest BCUT2D eigenvalue weighted by atomic mass is 10.2. The number of rotatable bonds is 5. The summed E-state index contributed by atoms with van der Waals surface area (Å²) in [6.07, 6.45) is 0. The molecule has 0 unspecified atom stereocenters. The van der Waals surface area contributed by atoms with E-state index in [9.17, 15) is 0 Å². The second-order valence-corrected chi connectivity index (χ2v) is 4.05. The van der Waals surface area contributed by atoms with E-state index in [-0.39, 0.29) is 0 Å². The average Bonchev–Trinajstić information content (AvgIpc) is 2.37. The van der Waals surface area contributed by atoms with Crippen molar-refractivity contribution in [3.63, 3.8) is 0 Å². The second kappa shape index (κ2) is 5.96. The monoisotopic (exact) mass is 243 g/mol. The van der Waals surface area contributed by atoms with E-state index in [1.54, 1.807) is 0 Å². The van der Waals surface area contributed by atoms with Crippen LogP contribution in [0, 0.1) is 6.92 Å². The summed E-state index contributed by atoms with van der Waals surface area (Å²) >= 11 is 0. The number of hydrogen-bond acceptors (Lipinski definition) is 3. The molecule has 2 N–H and O–H groups in total. The highest BCUT2D eigenvalue weighted by Crippen LogP contribution is 2.19. The van der Waals surface area contributed by atoms with Crippen LogP contribution in [0.3, 0.4) is 0 Å². The molecular formula is C15H17NO2. The van der Waals surface area contributed by atoms with Crippen LogP contribution in [0.4, 0.5) is 5.69 Å². The van der Waals surface area contributed by atoms with Gasteiger partial charge in [0, 0.05) is 0 Å². The lowest BCUT2D eigenvalue weighted by Gasteiger charge is -2.10. The van der Waals surface area contributed by atoms with Crippen LogP contribution in [0.2, 0.25) is 0 Å². The number of aryl methyl sites for hydroxylation is 1. The van der Waals surface area contributed by atoms with Gasteiger partial charge in [0.15, 0.2) is 0 Å². The molecule has 2 rings (SSSR count). The maximum atomic E-state index is 5.77. The predicted octanol–water partition coefficient (Wildman–Crippen LogP) is 3.04. The lowest BCUT2D eigenvalue weighted by Crippen LogP contribution is -2.09. The molecular weight excluding hydrogens is 226 g/mol. The number of anilines is 1. The fraction of sp³-hybridized carbons (Fsp3) is 0.200. The van der Waals surface area contributed by atoms with Crippen LogP contribution in [0.25, 0.3) is 0 Å².